The highest BCUT2D eigenvalue weighted by molar-refractivity contribution is 5.82. The van der Waals surface area contributed by atoms with Gasteiger partial charge in [-0.25, -0.2) is 0 Å². The van der Waals surface area contributed by atoms with Crippen molar-refractivity contribution in [2.24, 2.45) is 5.41 Å². The molecule has 0 radical (unpaired) electrons. The molecule has 0 aliphatic carbocycles. The van der Waals surface area contributed by atoms with Crippen LogP contribution in [0.4, 0.5) is 11.4 Å². The largest absolute Gasteiger partial charge is 0.508 e. The third-order valence-electron chi connectivity index (χ3n) is 5.95. The topological polar surface area (TPSA) is 196 Å². The SMILES string of the molecule is CC.CCCC(C)(C)C(=O)O.O=Cc1cc(OCc2cc(O)cc(COc3ccc([N+](=O)[O-])c(C=O)c3)c2)ccc1[N+](=O)[O-]. The molecule has 0 aliphatic rings. The first-order valence-corrected chi connectivity index (χ1v) is 13.6. The smallest absolute Gasteiger partial charge is 0.309 e. The number of phenols is 1. The number of phenolic OH excluding ortho intramolecular Hbond substituents is 1. The number of aromatic hydroxyl groups is 1. The number of hydrogen-bond acceptors (Lipinski definition) is 10. The number of carboxylic acids is 1. The Bertz CT molecular complexity index is 1380. The van der Waals surface area contributed by atoms with Gasteiger partial charge in [0.15, 0.2) is 12.6 Å². The summed E-state index contributed by atoms with van der Waals surface area (Å²) >= 11 is 0. The zero-order valence-electron chi connectivity index (χ0n) is 25.1. The van der Waals surface area contributed by atoms with Crippen LogP contribution >= 0.6 is 0 Å². The molecule has 0 saturated carbocycles. The lowest BCUT2D eigenvalue weighted by Crippen LogP contribution is -2.22. The van der Waals surface area contributed by atoms with E-state index in [0.29, 0.717) is 23.7 Å². The van der Waals surface area contributed by atoms with E-state index in [0.717, 1.165) is 12.8 Å². The van der Waals surface area contributed by atoms with Crippen molar-refractivity contribution in [2.75, 3.05) is 0 Å². The summed E-state index contributed by atoms with van der Waals surface area (Å²) in [6, 6.07) is 12.1. The number of ether oxygens (including phenoxy) is 2. The average Bonchev–Trinajstić information content (AvgIpc) is 2.99. The van der Waals surface area contributed by atoms with E-state index in [1.807, 2.05) is 20.8 Å². The van der Waals surface area contributed by atoms with E-state index in [2.05, 4.69) is 0 Å². The summed E-state index contributed by atoms with van der Waals surface area (Å²) in [7, 11) is 0. The Hall–Kier alpha value is -5.33. The van der Waals surface area contributed by atoms with Gasteiger partial charge >= 0.3 is 5.97 Å². The van der Waals surface area contributed by atoms with Crippen LogP contribution in [0.25, 0.3) is 0 Å². The van der Waals surface area contributed by atoms with Gasteiger partial charge < -0.3 is 19.7 Å². The summed E-state index contributed by atoms with van der Waals surface area (Å²) in [5.74, 6) is -0.305. The number of benzene rings is 3. The highest BCUT2D eigenvalue weighted by atomic mass is 16.6. The van der Waals surface area contributed by atoms with Crippen molar-refractivity contribution in [1.29, 1.82) is 0 Å². The fourth-order valence-electron chi connectivity index (χ4n) is 3.74. The van der Waals surface area contributed by atoms with Crippen molar-refractivity contribution in [3.8, 4) is 17.2 Å². The van der Waals surface area contributed by atoms with Gasteiger partial charge in [-0.15, -0.1) is 0 Å². The van der Waals surface area contributed by atoms with Gasteiger partial charge in [0.25, 0.3) is 11.4 Å². The summed E-state index contributed by atoms with van der Waals surface area (Å²) in [6.45, 7) is 9.47. The number of aliphatic carboxylic acids is 1. The molecular formula is C31H36N2O11. The molecule has 44 heavy (non-hydrogen) atoms. The zero-order valence-corrected chi connectivity index (χ0v) is 25.1. The molecule has 0 bridgehead atoms. The first kappa shape index (κ1) is 36.7. The van der Waals surface area contributed by atoms with E-state index in [4.69, 9.17) is 14.6 Å². The van der Waals surface area contributed by atoms with Crippen molar-refractivity contribution >= 4 is 29.9 Å². The summed E-state index contributed by atoms with van der Waals surface area (Å²) in [5, 5.41) is 40.4. The van der Waals surface area contributed by atoms with Gasteiger partial charge in [0.05, 0.1) is 26.4 Å². The molecule has 3 aromatic carbocycles. The minimum absolute atomic E-state index is 0.00959. The van der Waals surface area contributed by atoms with Gasteiger partial charge in [0.1, 0.15) is 30.5 Å². The van der Waals surface area contributed by atoms with Crippen LogP contribution in [0, 0.1) is 25.6 Å². The molecule has 3 rings (SSSR count). The van der Waals surface area contributed by atoms with Crippen LogP contribution in [0.3, 0.4) is 0 Å². The fraction of sp³-hybridized carbons (Fsp3) is 0.323. The molecule has 0 aliphatic heterocycles. The van der Waals surface area contributed by atoms with Crippen molar-refractivity contribution in [3.63, 3.8) is 0 Å². The van der Waals surface area contributed by atoms with Crippen LogP contribution in [0.2, 0.25) is 0 Å². The Kier molecular flexibility index (Phi) is 14.7. The molecule has 2 N–H and O–H groups in total. The lowest BCUT2D eigenvalue weighted by atomic mass is 9.88. The van der Waals surface area contributed by atoms with Gasteiger partial charge in [0.2, 0.25) is 0 Å². The van der Waals surface area contributed by atoms with E-state index in [1.165, 1.54) is 48.5 Å². The molecule has 0 heterocycles. The molecule has 3 aromatic rings. The second-order valence-corrected chi connectivity index (χ2v) is 9.72. The first-order valence-electron chi connectivity index (χ1n) is 13.6. The Morgan fingerprint density at radius 3 is 1.52 bits per heavy atom. The number of nitro groups is 2. The number of hydrogen-bond donors (Lipinski definition) is 2. The number of carbonyl (C=O) groups is 3. The van der Waals surface area contributed by atoms with Crippen LogP contribution in [-0.4, -0.2) is 38.6 Å². The summed E-state index contributed by atoms with van der Waals surface area (Å²) in [6.07, 6.45) is 2.41. The first-order chi connectivity index (χ1) is 20.8. The molecule has 0 saturated heterocycles. The number of aldehydes is 2. The van der Waals surface area contributed by atoms with Crippen molar-refractivity contribution in [3.05, 3.63) is 97.1 Å². The monoisotopic (exact) mass is 612 g/mol. The maximum atomic E-state index is 11.1. The maximum absolute atomic E-state index is 11.1. The minimum atomic E-state index is -0.704. The molecule has 0 aromatic heterocycles. The van der Waals surface area contributed by atoms with Crippen LogP contribution in [0.1, 0.15) is 79.3 Å². The molecular weight excluding hydrogens is 576 g/mol. The number of nitro benzene ring substituents is 2. The van der Waals surface area contributed by atoms with E-state index in [1.54, 1.807) is 19.9 Å². The molecule has 0 spiro atoms. The Balaban J connectivity index is 0.000000756. The van der Waals surface area contributed by atoms with Gasteiger partial charge in [-0.05, 0) is 73.9 Å². The average molecular weight is 613 g/mol. The summed E-state index contributed by atoms with van der Waals surface area (Å²) in [4.78, 5) is 53.0. The molecule has 0 atom stereocenters. The predicted molar refractivity (Wildman–Crippen MR) is 161 cm³/mol. The quantitative estimate of drug-likeness (QED) is 0.115. The van der Waals surface area contributed by atoms with E-state index in [-0.39, 0.29) is 53.0 Å². The third-order valence-corrected chi connectivity index (χ3v) is 5.95. The van der Waals surface area contributed by atoms with Gasteiger partial charge in [-0.2, -0.15) is 0 Å². The Morgan fingerprint density at radius 2 is 1.23 bits per heavy atom. The molecule has 13 nitrogen and oxygen atoms in total. The second kappa shape index (κ2) is 17.6. The van der Waals surface area contributed by atoms with Gasteiger partial charge in [-0.1, -0.05) is 27.2 Å². The summed E-state index contributed by atoms with van der Waals surface area (Å²) in [5.41, 5.74) is -0.347. The number of nitrogens with zero attached hydrogens (tertiary/aromatic N) is 2. The van der Waals surface area contributed by atoms with Crippen molar-refractivity contribution in [2.45, 2.75) is 60.7 Å². The van der Waals surface area contributed by atoms with E-state index >= 15 is 0 Å². The van der Waals surface area contributed by atoms with Gasteiger partial charge in [0, 0.05) is 12.1 Å². The molecule has 0 fully saturated rings. The Morgan fingerprint density at radius 1 is 0.818 bits per heavy atom. The van der Waals surface area contributed by atoms with Crippen LogP contribution in [0.5, 0.6) is 17.2 Å². The third kappa shape index (κ3) is 11.2. The normalized spacial score (nSPS) is 10.2. The standard InChI is InChI=1S/C22H16N2O9.C7H14O2.C2H6/c25-10-16-8-19(1-3-21(16)23(28)29)32-12-14-5-15(7-18(27)6-14)13-33-20-2-4-22(24(30)31)17(9-20)11-26;1-4-5-7(2,3)6(8)9;1-2/h1-11,27H,12-13H2;4-5H2,1-3H3,(H,8,9);1-2H3. The predicted octanol–water partition coefficient (Wildman–Crippen LogP) is 6.92. The number of carbonyl (C=O) groups excluding carboxylic acids is 2. The molecule has 236 valence electrons. The van der Waals surface area contributed by atoms with Crippen LogP contribution < -0.4 is 9.47 Å². The van der Waals surface area contributed by atoms with E-state index < -0.39 is 21.2 Å². The lowest BCUT2D eigenvalue weighted by Gasteiger charge is -2.16. The lowest BCUT2D eigenvalue weighted by molar-refractivity contribution is -0.385. The summed E-state index contributed by atoms with van der Waals surface area (Å²) < 4.78 is 11.1. The number of rotatable bonds is 13. The number of carboxylic acid groups (broad SMARTS) is 1. The van der Waals surface area contributed by atoms with Gasteiger partial charge in [-0.3, -0.25) is 34.6 Å². The van der Waals surface area contributed by atoms with Crippen molar-refractivity contribution < 1.29 is 43.9 Å². The second-order valence-electron chi connectivity index (χ2n) is 9.72. The van der Waals surface area contributed by atoms with Crippen LogP contribution in [-0.2, 0) is 18.0 Å². The highest BCUT2D eigenvalue weighted by Crippen LogP contribution is 2.26. The highest BCUT2D eigenvalue weighted by Gasteiger charge is 2.25. The van der Waals surface area contributed by atoms with E-state index in [9.17, 15) is 39.7 Å². The molecule has 13 heteroatoms. The fourth-order valence-corrected chi connectivity index (χ4v) is 3.74. The minimum Gasteiger partial charge on any atom is -0.508 e. The Labute approximate surface area is 254 Å². The molecule has 0 amide bonds. The van der Waals surface area contributed by atoms with Crippen molar-refractivity contribution in [1.82, 2.24) is 0 Å². The maximum Gasteiger partial charge on any atom is 0.309 e. The molecule has 0 unspecified atom stereocenters. The van der Waals surface area contributed by atoms with Crippen LogP contribution in [0.15, 0.2) is 54.6 Å². The zero-order chi connectivity index (χ0) is 33.4.